The maximum Gasteiger partial charge on any atom is 0.290 e. The molecule has 0 radical (unpaired) electrons. The van der Waals surface area contributed by atoms with E-state index in [1.807, 2.05) is 4.98 Å². The van der Waals surface area contributed by atoms with Crippen LogP contribution in [-0.2, 0) is 0 Å². The quantitative estimate of drug-likeness (QED) is 0.638. The highest BCUT2D eigenvalue weighted by atomic mass is 19.3. The molecular weight excluding hydrogens is 198 g/mol. The van der Waals surface area contributed by atoms with E-state index in [-0.39, 0.29) is 0 Å². The minimum atomic E-state index is -3.00. The van der Waals surface area contributed by atoms with Crippen LogP contribution in [0.2, 0.25) is 0 Å². The highest BCUT2D eigenvalue weighted by Crippen LogP contribution is 2.25. The summed E-state index contributed by atoms with van der Waals surface area (Å²) in [4.78, 5) is 23.3. The molecule has 0 aliphatic carbocycles. The van der Waals surface area contributed by atoms with Crippen LogP contribution in [0.5, 0.6) is 5.75 Å². The van der Waals surface area contributed by atoms with Crippen LogP contribution in [0.25, 0.3) is 0 Å². The molecule has 1 aromatic rings. The van der Waals surface area contributed by atoms with E-state index in [0.29, 0.717) is 6.20 Å². The van der Waals surface area contributed by atoms with Crippen molar-refractivity contribution in [2.45, 2.75) is 6.43 Å². The van der Waals surface area contributed by atoms with Gasteiger partial charge in [0.25, 0.3) is 17.9 Å². The van der Waals surface area contributed by atoms with Crippen LogP contribution >= 0.6 is 0 Å². The van der Waals surface area contributed by atoms with Gasteiger partial charge in [-0.1, -0.05) is 0 Å². The van der Waals surface area contributed by atoms with Crippen LogP contribution in [-0.4, -0.2) is 16.0 Å². The second kappa shape index (κ2) is 3.44. The third kappa shape index (κ3) is 1.56. The molecule has 7 heteroatoms. The van der Waals surface area contributed by atoms with Gasteiger partial charge in [0.1, 0.15) is 0 Å². The Labute approximate surface area is 76.2 Å². The zero-order chi connectivity index (χ0) is 10.9. The number of pyridine rings is 1. The lowest BCUT2D eigenvalue weighted by molar-refractivity contribution is 0.0982. The van der Waals surface area contributed by atoms with Crippen LogP contribution in [0.3, 0.4) is 0 Å². The first-order valence-electron chi connectivity index (χ1n) is 3.47. The molecule has 0 fully saturated rings. The summed E-state index contributed by atoms with van der Waals surface area (Å²) in [5.74, 6) is -2.36. The van der Waals surface area contributed by atoms with Gasteiger partial charge in [-0.15, -0.1) is 0 Å². The number of carbonyl (C=O) groups is 1. The van der Waals surface area contributed by atoms with Crippen LogP contribution in [0.4, 0.5) is 8.78 Å². The number of halogens is 2. The fourth-order valence-corrected chi connectivity index (χ4v) is 0.965. The normalized spacial score (nSPS) is 10.5. The summed E-state index contributed by atoms with van der Waals surface area (Å²) in [7, 11) is 0. The molecule has 0 aromatic carbocycles. The summed E-state index contributed by atoms with van der Waals surface area (Å²) < 4.78 is 24.5. The third-order valence-corrected chi connectivity index (χ3v) is 1.58. The molecule has 4 N–H and O–H groups in total. The molecule has 1 aromatic heterocycles. The van der Waals surface area contributed by atoms with Crippen LogP contribution in [0, 0.1) is 0 Å². The molecule has 0 saturated carbocycles. The maximum absolute atomic E-state index is 12.3. The molecule has 76 valence electrons. The van der Waals surface area contributed by atoms with Gasteiger partial charge in [0.2, 0.25) is 0 Å². The van der Waals surface area contributed by atoms with Crippen LogP contribution in [0.1, 0.15) is 22.3 Å². The minimum Gasteiger partial charge on any atom is -0.502 e. The molecule has 1 heterocycles. The van der Waals surface area contributed by atoms with Gasteiger partial charge in [0.15, 0.2) is 5.75 Å². The van der Waals surface area contributed by atoms with E-state index in [4.69, 9.17) is 10.8 Å². The predicted molar refractivity (Wildman–Crippen MR) is 42.2 cm³/mol. The van der Waals surface area contributed by atoms with Gasteiger partial charge in [-0.25, -0.2) is 8.78 Å². The number of aromatic nitrogens is 1. The van der Waals surface area contributed by atoms with Crippen LogP contribution < -0.4 is 11.3 Å². The molecule has 1 rings (SSSR count). The van der Waals surface area contributed by atoms with Gasteiger partial charge in [-0.3, -0.25) is 9.59 Å². The van der Waals surface area contributed by atoms with E-state index in [2.05, 4.69) is 0 Å². The predicted octanol–water partition coefficient (Wildman–Crippen LogP) is 0.117. The summed E-state index contributed by atoms with van der Waals surface area (Å²) in [5.41, 5.74) is 2.06. The number of alkyl halides is 2. The molecule has 0 unspecified atom stereocenters. The largest absolute Gasteiger partial charge is 0.502 e. The monoisotopic (exact) mass is 204 g/mol. The Morgan fingerprint density at radius 1 is 1.57 bits per heavy atom. The van der Waals surface area contributed by atoms with Crippen LogP contribution in [0.15, 0.2) is 11.0 Å². The first kappa shape index (κ1) is 10.2. The van der Waals surface area contributed by atoms with Crippen molar-refractivity contribution >= 4 is 5.91 Å². The van der Waals surface area contributed by atoms with Crippen molar-refractivity contribution < 1.29 is 18.7 Å². The average Bonchev–Trinajstić information content (AvgIpc) is 2.08. The Morgan fingerprint density at radius 2 is 2.14 bits per heavy atom. The molecule has 5 nitrogen and oxygen atoms in total. The first-order chi connectivity index (χ1) is 6.45. The number of aromatic amines is 1. The van der Waals surface area contributed by atoms with Gasteiger partial charge in [-0.2, -0.15) is 0 Å². The van der Waals surface area contributed by atoms with E-state index in [0.717, 1.165) is 0 Å². The Bertz CT molecular complexity index is 427. The van der Waals surface area contributed by atoms with Crippen molar-refractivity contribution in [2.24, 2.45) is 5.73 Å². The molecule has 0 spiro atoms. The summed E-state index contributed by atoms with van der Waals surface area (Å²) in [6, 6.07) is 0. The molecule has 14 heavy (non-hydrogen) atoms. The topological polar surface area (TPSA) is 96.2 Å². The second-order valence-corrected chi connectivity index (χ2v) is 2.46. The molecule has 0 saturated heterocycles. The summed E-state index contributed by atoms with van der Waals surface area (Å²) in [5, 5.41) is 9.02. The van der Waals surface area contributed by atoms with E-state index in [9.17, 15) is 18.4 Å². The molecular formula is C7H6F2N2O3. The zero-order valence-corrected chi connectivity index (χ0v) is 6.75. The number of amides is 1. The number of rotatable bonds is 2. The fraction of sp³-hybridized carbons (Fsp3) is 0.143. The Kier molecular flexibility index (Phi) is 2.50. The number of carbonyl (C=O) groups excluding carboxylic acids is 1. The van der Waals surface area contributed by atoms with E-state index in [1.54, 1.807) is 0 Å². The Morgan fingerprint density at radius 3 is 2.57 bits per heavy atom. The minimum absolute atomic E-state index is 0.646. The average molecular weight is 204 g/mol. The number of hydrogen-bond donors (Lipinski definition) is 3. The number of H-pyrrole nitrogens is 1. The van der Waals surface area contributed by atoms with E-state index in [1.165, 1.54) is 0 Å². The van der Waals surface area contributed by atoms with Crippen molar-refractivity contribution in [3.63, 3.8) is 0 Å². The van der Waals surface area contributed by atoms with Gasteiger partial charge in [-0.05, 0) is 0 Å². The maximum atomic E-state index is 12.3. The van der Waals surface area contributed by atoms with Gasteiger partial charge < -0.3 is 15.8 Å². The van der Waals surface area contributed by atoms with Crippen molar-refractivity contribution in [3.8, 4) is 5.75 Å². The summed E-state index contributed by atoms with van der Waals surface area (Å²) >= 11 is 0. The molecule has 0 bridgehead atoms. The Hall–Kier alpha value is -1.92. The smallest absolute Gasteiger partial charge is 0.290 e. The van der Waals surface area contributed by atoms with Gasteiger partial charge in [0, 0.05) is 6.20 Å². The number of aromatic hydroxyl groups is 1. The van der Waals surface area contributed by atoms with Gasteiger partial charge >= 0.3 is 0 Å². The van der Waals surface area contributed by atoms with E-state index >= 15 is 0 Å². The van der Waals surface area contributed by atoms with Crippen molar-refractivity contribution in [1.29, 1.82) is 0 Å². The molecule has 0 atom stereocenters. The number of primary amides is 1. The van der Waals surface area contributed by atoms with Gasteiger partial charge in [0.05, 0.1) is 11.1 Å². The van der Waals surface area contributed by atoms with Crippen molar-refractivity contribution in [1.82, 2.24) is 4.98 Å². The van der Waals surface area contributed by atoms with Crippen molar-refractivity contribution in [3.05, 3.63) is 27.7 Å². The molecule has 1 amide bonds. The third-order valence-electron chi connectivity index (χ3n) is 1.58. The fourth-order valence-electron chi connectivity index (χ4n) is 0.965. The lowest BCUT2D eigenvalue weighted by atomic mass is 10.1. The SMILES string of the molecule is NC(=O)c1c(C(F)F)c[nH]c(=O)c1O. The number of nitrogens with one attached hydrogen (secondary N) is 1. The number of nitrogens with two attached hydrogens (primary N) is 1. The first-order valence-corrected chi connectivity index (χ1v) is 3.47. The highest BCUT2D eigenvalue weighted by molar-refractivity contribution is 5.96. The Balaban J connectivity index is 3.54. The lowest BCUT2D eigenvalue weighted by Gasteiger charge is -2.05. The number of hydrogen-bond acceptors (Lipinski definition) is 3. The highest BCUT2D eigenvalue weighted by Gasteiger charge is 2.22. The molecule has 0 aliphatic heterocycles. The van der Waals surface area contributed by atoms with E-state index < -0.39 is 34.8 Å². The van der Waals surface area contributed by atoms with Crippen molar-refractivity contribution in [2.75, 3.05) is 0 Å². The lowest BCUT2D eigenvalue weighted by Crippen LogP contribution is -2.19. The zero-order valence-electron chi connectivity index (χ0n) is 6.75. The molecule has 0 aliphatic rings. The second-order valence-electron chi connectivity index (χ2n) is 2.46. The summed E-state index contributed by atoms with van der Waals surface area (Å²) in [6.45, 7) is 0. The standard InChI is InChI=1S/C7H6F2N2O3/c8-5(9)2-1-11-7(14)4(12)3(2)6(10)13/h1,5,12H,(H2,10,13)(H,11,14). The summed E-state index contributed by atoms with van der Waals surface area (Å²) in [6.07, 6.45) is -2.35.